The van der Waals surface area contributed by atoms with Crippen LogP contribution in [0.3, 0.4) is 0 Å². The molecule has 1 aromatic carbocycles. The second kappa shape index (κ2) is 10.3. The standard InChI is InChI=1S/C17H28ClNO3S/c1-3-5-6-7-8-14(4-2)17(13-20)19-23(21,22)16-11-9-15(18)10-12-16/h9-12,14,17,19-20H,3-8,13H2,1-2H3/t14-,17+/m0/s1. The van der Waals surface area contributed by atoms with Crippen LogP contribution in [0.5, 0.6) is 0 Å². The highest BCUT2D eigenvalue weighted by Crippen LogP contribution is 2.21. The molecule has 0 heterocycles. The molecular formula is C17H28ClNO3S. The summed E-state index contributed by atoms with van der Waals surface area (Å²) in [7, 11) is -3.65. The number of rotatable bonds is 11. The van der Waals surface area contributed by atoms with Crippen molar-refractivity contribution in [1.82, 2.24) is 4.72 Å². The molecular weight excluding hydrogens is 334 g/mol. The van der Waals surface area contributed by atoms with E-state index in [9.17, 15) is 13.5 Å². The van der Waals surface area contributed by atoms with Gasteiger partial charge in [0.05, 0.1) is 11.5 Å². The van der Waals surface area contributed by atoms with Gasteiger partial charge < -0.3 is 5.11 Å². The molecule has 0 bridgehead atoms. The van der Waals surface area contributed by atoms with Crippen LogP contribution in [-0.4, -0.2) is 26.2 Å². The van der Waals surface area contributed by atoms with E-state index < -0.39 is 16.1 Å². The van der Waals surface area contributed by atoms with Gasteiger partial charge in [0, 0.05) is 11.1 Å². The first-order valence-electron chi connectivity index (χ1n) is 8.33. The third-order valence-corrected chi connectivity index (χ3v) is 5.91. The molecule has 4 nitrogen and oxygen atoms in total. The zero-order valence-electron chi connectivity index (χ0n) is 14.0. The lowest BCUT2D eigenvalue weighted by atomic mass is 9.92. The third kappa shape index (κ3) is 6.79. The second-order valence-electron chi connectivity index (χ2n) is 5.88. The fourth-order valence-electron chi connectivity index (χ4n) is 2.69. The number of nitrogens with one attached hydrogen (secondary N) is 1. The van der Waals surface area contributed by atoms with Gasteiger partial charge in [0.1, 0.15) is 0 Å². The van der Waals surface area contributed by atoms with Gasteiger partial charge in [-0.3, -0.25) is 0 Å². The van der Waals surface area contributed by atoms with E-state index in [0.29, 0.717) is 5.02 Å². The van der Waals surface area contributed by atoms with Crippen molar-refractivity contribution in [3.63, 3.8) is 0 Å². The number of hydrogen-bond donors (Lipinski definition) is 2. The van der Waals surface area contributed by atoms with Crippen LogP contribution in [0.4, 0.5) is 0 Å². The minimum absolute atomic E-state index is 0.138. The predicted octanol–water partition coefficient (Wildman–Crippen LogP) is 3.98. The number of unbranched alkanes of at least 4 members (excludes halogenated alkanes) is 3. The second-order valence-corrected chi connectivity index (χ2v) is 8.03. The molecule has 0 unspecified atom stereocenters. The van der Waals surface area contributed by atoms with Crippen molar-refractivity contribution < 1.29 is 13.5 Å². The van der Waals surface area contributed by atoms with Crippen molar-refractivity contribution in [3.8, 4) is 0 Å². The normalized spacial score (nSPS) is 14.6. The van der Waals surface area contributed by atoms with Gasteiger partial charge in [0.2, 0.25) is 10.0 Å². The number of benzene rings is 1. The van der Waals surface area contributed by atoms with Gasteiger partial charge in [-0.2, -0.15) is 0 Å². The monoisotopic (exact) mass is 361 g/mol. The van der Waals surface area contributed by atoms with E-state index in [-0.39, 0.29) is 17.4 Å². The van der Waals surface area contributed by atoms with Gasteiger partial charge >= 0.3 is 0 Å². The van der Waals surface area contributed by atoms with Gasteiger partial charge in [0.15, 0.2) is 0 Å². The van der Waals surface area contributed by atoms with E-state index in [2.05, 4.69) is 11.6 Å². The van der Waals surface area contributed by atoms with Crippen molar-refractivity contribution in [3.05, 3.63) is 29.3 Å². The van der Waals surface area contributed by atoms with E-state index in [1.54, 1.807) is 12.1 Å². The van der Waals surface area contributed by atoms with E-state index in [0.717, 1.165) is 25.7 Å². The highest BCUT2D eigenvalue weighted by atomic mass is 35.5. The lowest BCUT2D eigenvalue weighted by Gasteiger charge is -2.25. The molecule has 0 aromatic heterocycles. The number of halogens is 1. The summed E-state index contributed by atoms with van der Waals surface area (Å²) < 4.78 is 27.5. The molecule has 0 aliphatic carbocycles. The van der Waals surface area contributed by atoms with Gasteiger partial charge in [-0.1, -0.05) is 57.6 Å². The lowest BCUT2D eigenvalue weighted by molar-refractivity contribution is 0.203. The molecule has 0 saturated heterocycles. The molecule has 0 aliphatic heterocycles. The fraction of sp³-hybridized carbons (Fsp3) is 0.647. The largest absolute Gasteiger partial charge is 0.395 e. The van der Waals surface area contributed by atoms with Crippen molar-refractivity contribution >= 4 is 21.6 Å². The van der Waals surface area contributed by atoms with Gasteiger partial charge in [0.25, 0.3) is 0 Å². The van der Waals surface area contributed by atoms with Crippen LogP contribution in [0.2, 0.25) is 5.02 Å². The fourth-order valence-corrected chi connectivity index (χ4v) is 4.11. The summed E-state index contributed by atoms with van der Waals surface area (Å²) in [6, 6.07) is 5.59. The number of hydrogen-bond acceptors (Lipinski definition) is 3. The smallest absolute Gasteiger partial charge is 0.240 e. The van der Waals surface area contributed by atoms with Crippen LogP contribution < -0.4 is 4.72 Å². The number of aliphatic hydroxyl groups excluding tert-OH is 1. The first-order chi connectivity index (χ1) is 10.9. The Morgan fingerprint density at radius 2 is 1.78 bits per heavy atom. The summed E-state index contributed by atoms with van der Waals surface area (Å²) in [6.45, 7) is 4.00. The zero-order chi connectivity index (χ0) is 17.3. The first-order valence-corrected chi connectivity index (χ1v) is 10.2. The topological polar surface area (TPSA) is 66.4 Å². The Kier molecular flexibility index (Phi) is 9.14. The third-order valence-electron chi connectivity index (χ3n) is 4.15. The Morgan fingerprint density at radius 3 is 2.30 bits per heavy atom. The summed E-state index contributed by atoms with van der Waals surface area (Å²) in [6.07, 6.45) is 6.33. The average Bonchev–Trinajstić information content (AvgIpc) is 2.53. The van der Waals surface area contributed by atoms with E-state index in [4.69, 9.17) is 11.6 Å². The number of sulfonamides is 1. The molecule has 0 fully saturated rings. The Balaban J connectivity index is 2.73. The van der Waals surface area contributed by atoms with Crippen molar-refractivity contribution in [2.45, 2.75) is 63.3 Å². The van der Waals surface area contributed by atoms with E-state index in [1.165, 1.54) is 25.0 Å². The molecule has 2 atom stereocenters. The highest BCUT2D eigenvalue weighted by Gasteiger charge is 2.25. The van der Waals surface area contributed by atoms with Gasteiger partial charge in [-0.05, 0) is 36.6 Å². The maximum absolute atomic E-state index is 12.4. The Bertz CT molecular complexity index is 545. The summed E-state index contributed by atoms with van der Waals surface area (Å²) in [5.74, 6) is 0.138. The minimum atomic E-state index is -3.65. The SMILES string of the molecule is CCCCCC[C@H](CC)[C@@H](CO)NS(=O)(=O)c1ccc(Cl)cc1. The molecule has 1 rings (SSSR count). The van der Waals surface area contributed by atoms with Crippen LogP contribution in [0.15, 0.2) is 29.2 Å². The van der Waals surface area contributed by atoms with Gasteiger partial charge in [-0.15, -0.1) is 0 Å². The molecule has 2 N–H and O–H groups in total. The zero-order valence-corrected chi connectivity index (χ0v) is 15.5. The molecule has 23 heavy (non-hydrogen) atoms. The van der Waals surface area contributed by atoms with Crippen molar-refractivity contribution in [2.24, 2.45) is 5.92 Å². The molecule has 0 aliphatic rings. The predicted molar refractivity (Wildman–Crippen MR) is 95.2 cm³/mol. The maximum atomic E-state index is 12.4. The van der Waals surface area contributed by atoms with Crippen LogP contribution in [0.25, 0.3) is 0 Å². The molecule has 6 heteroatoms. The summed E-state index contributed by atoms with van der Waals surface area (Å²) in [4.78, 5) is 0.168. The average molecular weight is 362 g/mol. The Labute approximate surface area is 145 Å². The van der Waals surface area contributed by atoms with E-state index >= 15 is 0 Å². The summed E-state index contributed by atoms with van der Waals surface area (Å²) in [5.41, 5.74) is 0. The Hall–Kier alpha value is -0.620. The summed E-state index contributed by atoms with van der Waals surface area (Å²) >= 11 is 5.80. The van der Waals surface area contributed by atoms with Gasteiger partial charge in [-0.25, -0.2) is 13.1 Å². The first kappa shape index (κ1) is 20.4. The summed E-state index contributed by atoms with van der Waals surface area (Å²) in [5, 5.41) is 10.1. The molecule has 1 aromatic rings. The number of aliphatic hydroxyl groups is 1. The molecule has 132 valence electrons. The van der Waals surface area contributed by atoms with Crippen molar-refractivity contribution in [2.75, 3.05) is 6.61 Å². The maximum Gasteiger partial charge on any atom is 0.240 e. The molecule has 0 radical (unpaired) electrons. The minimum Gasteiger partial charge on any atom is -0.395 e. The van der Waals surface area contributed by atoms with E-state index in [1.807, 2.05) is 6.92 Å². The van der Waals surface area contributed by atoms with Crippen molar-refractivity contribution in [1.29, 1.82) is 0 Å². The van der Waals surface area contributed by atoms with Crippen LogP contribution in [-0.2, 0) is 10.0 Å². The molecule has 0 saturated carbocycles. The Morgan fingerprint density at radius 1 is 1.13 bits per heavy atom. The van der Waals surface area contributed by atoms with Crippen LogP contribution >= 0.6 is 11.6 Å². The van der Waals surface area contributed by atoms with Crippen LogP contribution in [0.1, 0.15) is 52.4 Å². The van der Waals surface area contributed by atoms with Crippen LogP contribution in [0, 0.1) is 5.92 Å². The molecule has 0 spiro atoms. The highest BCUT2D eigenvalue weighted by molar-refractivity contribution is 7.89. The molecule has 0 amide bonds. The quantitative estimate of drug-likeness (QED) is 0.586. The lowest BCUT2D eigenvalue weighted by Crippen LogP contribution is -2.42.